The van der Waals surface area contributed by atoms with Crippen molar-refractivity contribution in [3.05, 3.63) is 51.7 Å². The summed E-state index contributed by atoms with van der Waals surface area (Å²) in [6, 6.07) is 7.53. The van der Waals surface area contributed by atoms with Crippen LogP contribution in [0, 0.1) is 6.92 Å². The van der Waals surface area contributed by atoms with Gasteiger partial charge in [-0.1, -0.05) is 33.8 Å². The number of aromatic nitrogens is 4. The zero-order chi connectivity index (χ0) is 19.6. The Morgan fingerprint density at radius 1 is 1.30 bits per heavy atom. The molecular weight excluding hydrogens is 358 g/mol. The van der Waals surface area contributed by atoms with Crippen LogP contribution in [0.1, 0.15) is 60.2 Å². The van der Waals surface area contributed by atoms with Gasteiger partial charge in [0, 0.05) is 17.7 Å². The molecule has 0 unspecified atom stereocenters. The maximum atomic E-state index is 12.9. The van der Waals surface area contributed by atoms with Crippen molar-refractivity contribution >= 4 is 23.1 Å². The molecule has 142 valence electrons. The van der Waals surface area contributed by atoms with Crippen LogP contribution in [0.15, 0.2) is 30.5 Å². The number of nitrogens with one attached hydrogen (secondary N) is 1. The molecule has 0 fully saturated rings. The number of anilines is 1. The predicted molar refractivity (Wildman–Crippen MR) is 109 cm³/mol. The summed E-state index contributed by atoms with van der Waals surface area (Å²) in [5, 5.41) is 8.68. The lowest BCUT2D eigenvalue weighted by molar-refractivity contribution is 0.102. The van der Waals surface area contributed by atoms with Crippen LogP contribution < -0.4 is 5.32 Å². The molecule has 0 aliphatic carbocycles. The molecule has 6 nitrogen and oxygen atoms in total. The molecule has 0 spiro atoms. The molecule has 0 atom stereocenters. The van der Waals surface area contributed by atoms with E-state index in [0.717, 1.165) is 29.2 Å². The van der Waals surface area contributed by atoms with Crippen molar-refractivity contribution in [2.24, 2.45) is 0 Å². The molecule has 0 saturated heterocycles. The Morgan fingerprint density at radius 2 is 2.07 bits per heavy atom. The monoisotopic (exact) mass is 383 g/mol. The van der Waals surface area contributed by atoms with Gasteiger partial charge in [0.2, 0.25) is 0 Å². The number of carbonyl (C=O) groups excluding carboxylic acids is 1. The average Bonchev–Trinajstić information content (AvgIpc) is 3.19. The first-order chi connectivity index (χ1) is 12.8. The van der Waals surface area contributed by atoms with Crippen molar-refractivity contribution < 1.29 is 4.79 Å². The Kier molecular flexibility index (Phi) is 5.41. The molecule has 1 amide bonds. The second-order valence-corrected chi connectivity index (χ2v) is 8.57. The van der Waals surface area contributed by atoms with Crippen LogP contribution in [0.3, 0.4) is 0 Å². The normalized spacial score (nSPS) is 11.6. The largest absolute Gasteiger partial charge is 0.306 e. The Balaban J connectivity index is 1.96. The molecule has 3 rings (SSSR count). The molecular formula is C20H25N5OS. The number of carbonyl (C=O) groups is 1. The number of pyridine rings is 1. The molecule has 0 radical (unpaired) electrons. The molecule has 0 bridgehead atoms. The van der Waals surface area contributed by atoms with Gasteiger partial charge in [-0.25, -0.2) is 9.97 Å². The van der Waals surface area contributed by atoms with Crippen LogP contribution in [-0.4, -0.2) is 25.7 Å². The minimum absolute atomic E-state index is 0.145. The smallest absolute Gasteiger partial charge is 0.268 e. The summed E-state index contributed by atoms with van der Waals surface area (Å²) in [4.78, 5) is 22.4. The molecule has 3 aromatic heterocycles. The van der Waals surface area contributed by atoms with Crippen LogP contribution in [0.4, 0.5) is 5.82 Å². The van der Waals surface area contributed by atoms with Crippen LogP contribution in [0.5, 0.6) is 0 Å². The van der Waals surface area contributed by atoms with Gasteiger partial charge in [-0.05, 0) is 31.9 Å². The van der Waals surface area contributed by atoms with Crippen LogP contribution in [0.2, 0.25) is 0 Å². The average molecular weight is 384 g/mol. The van der Waals surface area contributed by atoms with Crippen molar-refractivity contribution in [3.63, 3.8) is 0 Å². The fourth-order valence-corrected chi connectivity index (χ4v) is 3.71. The van der Waals surface area contributed by atoms with Crippen molar-refractivity contribution in [1.29, 1.82) is 0 Å². The standard InChI is InChI=1S/C20H25N5OS/c1-6-9-17-22-13(2)18(27-17)19(26)23-16-12-14(20(3,4)5)24-25(16)15-10-7-8-11-21-15/h7-8,10-12H,6,9H2,1-5H3,(H,23,26). The SMILES string of the molecule is CCCc1nc(C)c(C(=O)Nc2cc(C(C)(C)C)nn2-c2ccccn2)s1. The van der Waals surface area contributed by atoms with Crippen molar-refractivity contribution in [2.45, 2.75) is 52.9 Å². The first-order valence-corrected chi connectivity index (χ1v) is 9.91. The van der Waals surface area contributed by atoms with Gasteiger partial charge in [0.25, 0.3) is 5.91 Å². The minimum Gasteiger partial charge on any atom is -0.306 e. The summed E-state index contributed by atoms with van der Waals surface area (Å²) in [7, 11) is 0. The highest BCUT2D eigenvalue weighted by molar-refractivity contribution is 7.13. The van der Waals surface area contributed by atoms with Gasteiger partial charge in [-0.15, -0.1) is 11.3 Å². The zero-order valence-corrected chi connectivity index (χ0v) is 17.2. The highest BCUT2D eigenvalue weighted by Crippen LogP contribution is 2.27. The minimum atomic E-state index is -0.162. The third kappa shape index (κ3) is 4.24. The molecule has 7 heteroatoms. The first kappa shape index (κ1) is 19.2. The molecule has 0 aromatic carbocycles. The quantitative estimate of drug-likeness (QED) is 0.702. The fraction of sp³-hybridized carbons (Fsp3) is 0.400. The van der Waals surface area contributed by atoms with E-state index >= 15 is 0 Å². The lowest BCUT2D eigenvalue weighted by Gasteiger charge is -2.13. The van der Waals surface area contributed by atoms with Crippen molar-refractivity contribution in [3.8, 4) is 5.82 Å². The predicted octanol–water partition coefficient (Wildman–Crippen LogP) is 4.53. The highest BCUT2D eigenvalue weighted by Gasteiger charge is 2.23. The van der Waals surface area contributed by atoms with E-state index in [4.69, 9.17) is 0 Å². The van der Waals surface area contributed by atoms with Crippen molar-refractivity contribution in [1.82, 2.24) is 19.7 Å². The van der Waals surface area contributed by atoms with Gasteiger partial charge in [0.15, 0.2) is 5.82 Å². The van der Waals surface area contributed by atoms with Gasteiger partial charge < -0.3 is 5.32 Å². The number of amides is 1. The van der Waals surface area contributed by atoms with Crippen LogP contribution in [0.25, 0.3) is 5.82 Å². The lowest BCUT2D eigenvalue weighted by atomic mass is 9.92. The Morgan fingerprint density at radius 3 is 2.70 bits per heavy atom. The second kappa shape index (κ2) is 7.60. The Bertz CT molecular complexity index is 937. The second-order valence-electron chi connectivity index (χ2n) is 7.49. The van der Waals surface area contributed by atoms with E-state index in [1.165, 1.54) is 11.3 Å². The Labute approximate surface area is 163 Å². The fourth-order valence-electron chi connectivity index (χ4n) is 2.65. The van der Waals surface area contributed by atoms with E-state index in [-0.39, 0.29) is 11.3 Å². The van der Waals surface area contributed by atoms with E-state index in [0.29, 0.717) is 16.5 Å². The van der Waals surface area contributed by atoms with Crippen LogP contribution in [-0.2, 0) is 11.8 Å². The summed E-state index contributed by atoms with van der Waals surface area (Å²) >= 11 is 1.46. The topological polar surface area (TPSA) is 72.7 Å². The summed E-state index contributed by atoms with van der Waals surface area (Å²) in [6.07, 6.45) is 3.61. The van der Waals surface area contributed by atoms with Crippen molar-refractivity contribution in [2.75, 3.05) is 5.32 Å². The molecule has 3 heterocycles. The number of hydrogen-bond acceptors (Lipinski definition) is 5. The number of rotatable bonds is 5. The molecule has 0 aliphatic rings. The van der Waals surface area contributed by atoms with E-state index in [9.17, 15) is 4.79 Å². The van der Waals surface area contributed by atoms with Gasteiger partial charge >= 0.3 is 0 Å². The number of hydrogen-bond donors (Lipinski definition) is 1. The van der Waals surface area contributed by atoms with Crippen LogP contribution >= 0.6 is 11.3 Å². The maximum Gasteiger partial charge on any atom is 0.268 e. The highest BCUT2D eigenvalue weighted by atomic mass is 32.1. The van der Waals surface area contributed by atoms with Gasteiger partial charge in [-0.2, -0.15) is 9.78 Å². The van der Waals surface area contributed by atoms with Gasteiger partial charge in [-0.3, -0.25) is 4.79 Å². The number of aryl methyl sites for hydroxylation is 2. The van der Waals surface area contributed by atoms with E-state index in [1.54, 1.807) is 10.9 Å². The molecule has 27 heavy (non-hydrogen) atoms. The van der Waals surface area contributed by atoms with E-state index in [1.807, 2.05) is 31.2 Å². The molecule has 0 saturated carbocycles. The lowest BCUT2D eigenvalue weighted by Crippen LogP contribution is -2.15. The summed E-state index contributed by atoms with van der Waals surface area (Å²) in [5.41, 5.74) is 1.51. The Hall–Kier alpha value is -2.54. The molecule has 0 aliphatic heterocycles. The summed E-state index contributed by atoms with van der Waals surface area (Å²) < 4.78 is 1.68. The zero-order valence-electron chi connectivity index (χ0n) is 16.4. The summed E-state index contributed by atoms with van der Waals surface area (Å²) in [6.45, 7) is 10.3. The maximum absolute atomic E-state index is 12.9. The number of nitrogens with zero attached hydrogens (tertiary/aromatic N) is 4. The molecule has 1 N–H and O–H groups in total. The van der Waals surface area contributed by atoms with E-state index in [2.05, 4.69) is 48.1 Å². The third-order valence-corrected chi connectivity index (χ3v) is 5.31. The summed E-state index contributed by atoms with van der Waals surface area (Å²) in [5.74, 6) is 1.11. The number of thiazole rings is 1. The van der Waals surface area contributed by atoms with Gasteiger partial charge in [0.1, 0.15) is 10.7 Å². The van der Waals surface area contributed by atoms with Gasteiger partial charge in [0.05, 0.1) is 16.4 Å². The first-order valence-electron chi connectivity index (χ1n) is 9.09. The third-order valence-electron chi connectivity index (χ3n) is 4.10. The molecule has 3 aromatic rings. The van der Waals surface area contributed by atoms with E-state index < -0.39 is 0 Å².